The van der Waals surface area contributed by atoms with Crippen LogP contribution in [0.15, 0.2) is 24.5 Å². The van der Waals surface area contributed by atoms with Gasteiger partial charge >= 0.3 is 0 Å². The molecule has 0 aliphatic rings. The van der Waals surface area contributed by atoms with Gasteiger partial charge in [-0.25, -0.2) is 13.8 Å². The average Bonchev–Trinajstić information content (AvgIpc) is 2.47. The topological polar surface area (TPSA) is 47.0 Å². The van der Waals surface area contributed by atoms with E-state index in [-0.39, 0.29) is 11.4 Å². The van der Waals surface area contributed by atoms with Gasteiger partial charge in [0.1, 0.15) is 17.3 Å². The molecule has 0 aliphatic carbocycles. The van der Waals surface area contributed by atoms with Gasteiger partial charge in [0.05, 0.1) is 13.2 Å². The maximum atomic E-state index is 14.3. The van der Waals surface area contributed by atoms with E-state index in [9.17, 15) is 8.78 Å². The molecule has 0 spiro atoms. The van der Waals surface area contributed by atoms with Crippen LogP contribution in [0.3, 0.4) is 0 Å². The first-order valence-corrected chi connectivity index (χ1v) is 6.06. The number of halogens is 2. The van der Waals surface area contributed by atoms with E-state index in [1.165, 1.54) is 31.6 Å². The number of nitrogens with zero attached hydrogens (tertiary/aromatic N) is 2. The summed E-state index contributed by atoms with van der Waals surface area (Å²) in [6, 6.07) is 1.86. The highest BCUT2D eigenvalue weighted by Crippen LogP contribution is 2.30. The lowest BCUT2D eigenvalue weighted by Crippen LogP contribution is -2.23. The van der Waals surface area contributed by atoms with Crippen molar-refractivity contribution in [2.24, 2.45) is 0 Å². The van der Waals surface area contributed by atoms with Crippen LogP contribution in [-0.4, -0.2) is 24.1 Å². The van der Waals surface area contributed by atoms with E-state index in [4.69, 9.17) is 4.74 Å². The van der Waals surface area contributed by atoms with Crippen molar-refractivity contribution in [2.75, 3.05) is 14.2 Å². The van der Waals surface area contributed by atoms with E-state index in [0.29, 0.717) is 11.3 Å². The molecule has 2 aromatic rings. The molecule has 0 bridgehead atoms. The molecule has 0 fully saturated rings. The Kier molecular flexibility index (Phi) is 4.24. The minimum Gasteiger partial charge on any atom is -0.480 e. The largest absolute Gasteiger partial charge is 0.480 e. The van der Waals surface area contributed by atoms with Crippen LogP contribution in [0.1, 0.15) is 22.9 Å². The van der Waals surface area contributed by atoms with Gasteiger partial charge in [0.25, 0.3) is 0 Å². The second-order valence-corrected chi connectivity index (χ2v) is 4.26. The number of benzene rings is 1. The van der Waals surface area contributed by atoms with E-state index in [1.54, 1.807) is 14.0 Å². The van der Waals surface area contributed by atoms with Crippen LogP contribution in [0.5, 0.6) is 5.88 Å². The predicted octanol–water partition coefficient (Wildman–Crippen LogP) is 2.38. The Morgan fingerprint density at radius 1 is 1.20 bits per heavy atom. The van der Waals surface area contributed by atoms with Crippen LogP contribution < -0.4 is 10.1 Å². The van der Waals surface area contributed by atoms with Crippen molar-refractivity contribution in [3.05, 3.63) is 53.0 Å². The van der Waals surface area contributed by atoms with E-state index in [0.717, 1.165) is 0 Å². The van der Waals surface area contributed by atoms with Crippen LogP contribution in [0.25, 0.3) is 0 Å². The van der Waals surface area contributed by atoms with Gasteiger partial charge in [0.15, 0.2) is 0 Å². The minimum absolute atomic E-state index is 0.0914. The van der Waals surface area contributed by atoms with Crippen LogP contribution in [-0.2, 0) is 0 Å². The first kappa shape index (κ1) is 14.3. The maximum Gasteiger partial charge on any atom is 0.237 e. The molecule has 0 aliphatic heterocycles. The highest BCUT2D eigenvalue weighted by Gasteiger charge is 2.26. The first-order valence-electron chi connectivity index (χ1n) is 6.06. The Labute approximate surface area is 115 Å². The van der Waals surface area contributed by atoms with Gasteiger partial charge in [-0.1, -0.05) is 6.07 Å². The van der Waals surface area contributed by atoms with Crippen molar-refractivity contribution >= 4 is 0 Å². The number of nitrogens with one attached hydrogen (secondary N) is 1. The second kappa shape index (κ2) is 5.92. The molecule has 1 heterocycles. The van der Waals surface area contributed by atoms with Gasteiger partial charge in [-0.2, -0.15) is 0 Å². The fraction of sp³-hybridized carbons (Fsp3) is 0.286. The Hall–Kier alpha value is -2.08. The lowest BCUT2D eigenvalue weighted by atomic mass is 10.00. The second-order valence-electron chi connectivity index (χ2n) is 4.26. The van der Waals surface area contributed by atoms with Crippen molar-refractivity contribution in [3.8, 4) is 5.88 Å². The molecule has 4 nitrogen and oxygen atoms in total. The zero-order valence-corrected chi connectivity index (χ0v) is 11.4. The van der Waals surface area contributed by atoms with Gasteiger partial charge < -0.3 is 10.1 Å². The summed E-state index contributed by atoms with van der Waals surface area (Å²) in [6.07, 6.45) is 2.91. The minimum atomic E-state index is -0.779. The third-order valence-electron chi connectivity index (χ3n) is 3.05. The summed E-state index contributed by atoms with van der Waals surface area (Å²) < 4.78 is 33.4. The highest BCUT2D eigenvalue weighted by atomic mass is 19.1. The predicted molar refractivity (Wildman–Crippen MR) is 70.6 cm³/mol. The Balaban J connectivity index is 2.62. The monoisotopic (exact) mass is 279 g/mol. The van der Waals surface area contributed by atoms with Crippen molar-refractivity contribution < 1.29 is 13.5 Å². The molecule has 1 atom stereocenters. The quantitative estimate of drug-likeness (QED) is 0.933. The van der Waals surface area contributed by atoms with Crippen LogP contribution in [0.2, 0.25) is 0 Å². The normalized spacial score (nSPS) is 12.2. The standard InChI is InChI=1S/C14H15F2N3O/c1-8-4-5-9(15)10(11(8)16)12(17-2)13-14(20-3)19-7-6-18-13/h4-7,12,17H,1-3H3. The highest BCUT2D eigenvalue weighted by molar-refractivity contribution is 5.37. The van der Waals surface area contributed by atoms with Gasteiger partial charge in [0.2, 0.25) is 5.88 Å². The molecule has 0 amide bonds. The van der Waals surface area contributed by atoms with Gasteiger partial charge in [-0.05, 0) is 25.6 Å². The zero-order valence-electron chi connectivity index (χ0n) is 11.4. The van der Waals surface area contributed by atoms with E-state index in [2.05, 4.69) is 15.3 Å². The Morgan fingerprint density at radius 3 is 2.55 bits per heavy atom. The summed E-state index contributed by atoms with van der Waals surface area (Å²) >= 11 is 0. The van der Waals surface area contributed by atoms with Crippen LogP contribution in [0, 0.1) is 18.6 Å². The molecule has 106 valence electrons. The van der Waals surface area contributed by atoms with Gasteiger partial charge in [-0.3, -0.25) is 4.98 Å². The van der Waals surface area contributed by atoms with Gasteiger partial charge in [-0.15, -0.1) is 0 Å². The molecule has 1 N–H and O–H groups in total. The lowest BCUT2D eigenvalue weighted by Gasteiger charge is -2.19. The number of ether oxygens (including phenoxy) is 1. The van der Waals surface area contributed by atoms with Crippen molar-refractivity contribution in [2.45, 2.75) is 13.0 Å². The summed E-state index contributed by atoms with van der Waals surface area (Å²) in [5.74, 6) is -1.01. The summed E-state index contributed by atoms with van der Waals surface area (Å²) in [5.41, 5.74) is 0.608. The van der Waals surface area contributed by atoms with E-state index < -0.39 is 17.7 Å². The molecule has 2 rings (SSSR count). The number of aryl methyl sites for hydroxylation is 1. The molecule has 1 unspecified atom stereocenters. The summed E-state index contributed by atoms with van der Waals surface area (Å²) in [4.78, 5) is 8.13. The molecular formula is C14H15F2N3O. The van der Waals surface area contributed by atoms with E-state index >= 15 is 0 Å². The molecule has 1 aromatic carbocycles. The van der Waals surface area contributed by atoms with Crippen molar-refractivity contribution in [1.82, 2.24) is 15.3 Å². The molecule has 6 heteroatoms. The first-order chi connectivity index (χ1) is 9.60. The third kappa shape index (κ3) is 2.46. The molecule has 0 saturated heterocycles. The van der Waals surface area contributed by atoms with Crippen molar-refractivity contribution in [1.29, 1.82) is 0 Å². The Morgan fingerprint density at radius 2 is 1.90 bits per heavy atom. The van der Waals surface area contributed by atoms with Crippen LogP contribution in [0.4, 0.5) is 8.78 Å². The van der Waals surface area contributed by atoms with Crippen LogP contribution >= 0.6 is 0 Å². The SMILES string of the molecule is CNC(c1nccnc1OC)c1c(F)ccc(C)c1F. The number of aromatic nitrogens is 2. The maximum absolute atomic E-state index is 14.3. The average molecular weight is 279 g/mol. The molecule has 20 heavy (non-hydrogen) atoms. The number of hydrogen-bond acceptors (Lipinski definition) is 4. The summed E-state index contributed by atoms with van der Waals surface area (Å²) in [6.45, 7) is 1.58. The van der Waals surface area contributed by atoms with Gasteiger partial charge in [0, 0.05) is 18.0 Å². The molecule has 0 radical (unpaired) electrons. The summed E-state index contributed by atoms with van der Waals surface area (Å²) in [7, 11) is 3.03. The third-order valence-corrected chi connectivity index (χ3v) is 3.05. The molecule has 0 saturated carbocycles. The fourth-order valence-electron chi connectivity index (χ4n) is 2.05. The zero-order chi connectivity index (χ0) is 14.7. The number of methoxy groups -OCH3 is 1. The number of rotatable bonds is 4. The number of hydrogen-bond donors (Lipinski definition) is 1. The molecular weight excluding hydrogens is 264 g/mol. The Bertz CT molecular complexity index is 619. The smallest absolute Gasteiger partial charge is 0.237 e. The lowest BCUT2D eigenvalue weighted by molar-refractivity contribution is 0.382. The molecule has 1 aromatic heterocycles. The summed E-state index contributed by atoms with van der Waals surface area (Å²) in [5, 5.41) is 2.86. The van der Waals surface area contributed by atoms with E-state index in [1.807, 2.05) is 0 Å². The van der Waals surface area contributed by atoms with Crippen molar-refractivity contribution in [3.63, 3.8) is 0 Å². The fourth-order valence-corrected chi connectivity index (χ4v) is 2.05.